The van der Waals surface area contributed by atoms with Gasteiger partial charge in [-0.1, -0.05) is 24.1 Å². The largest absolute Gasteiger partial charge is 0.371 e. The number of rotatable bonds is 5. The first-order valence-electron chi connectivity index (χ1n) is 10.4. The van der Waals surface area contributed by atoms with Crippen LogP contribution in [0.25, 0.3) is 0 Å². The van der Waals surface area contributed by atoms with E-state index in [4.69, 9.17) is 0 Å². The maximum Gasteiger partial charge on any atom is 0.241 e. The molecule has 1 unspecified atom stereocenters. The Kier molecular flexibility index (Phi) is 5.69. The van der Waals surface area contributed by atoms with Crippen molar-refractivity contribution in [2.24, 2.45) is 0 Å². The normalized spacial score (nSPS) is 23.1. The summed E-state index contributed by atoms with van der Waals surface area (Å²) < 4.78 is 31.0. The van der Waals surface area contributed by atoms with Crippen LogP contribution < -0.4 is 14.2 Å². The van der Waals surface area contributed by atoms with E-state index < -0.39 is 10.0 Å². The summed E-state index contributed by atoms with van der Waals surface area (Å²) in [6, 6.07) is 11.5. The predicted molar refractivity (Wildman–Crippen MR) is 111 cm³/mol. The lowest BCUT2D eigenvalue weighted by atomic mass is 9.91. The third-order valence-electron chi connectivity index (χ3n) is 6.06. The van der Waals surface area contributed by atoms with Crippen molar-refractivity contribution in [3.63, 3.8) is 0 Å². The van der Waals surface area contributed by atoms with Gasteiger partial charge in [0, 0.05) is 37.3 Å². The maximum absolute atomic E-state index is 12.9. The fourth-order valence-corrected chi connectivity index (χ4v) is 5.73. The van der Waals surface area contributed by atoms with Gasteiger partial charge < -0.3 is 4.90 Å². The SMILES string of the molecule is Cc1ccc(S(=O)(=O)N[C@@H]2CCCCC2[n+]2ccc(N3CCCC3)cc2)cc1. The molecule has 6 heteroatoms. The zero-order valence-electron chi connectivity index (χ0n) is 16.5. The Hall–Kier alpha value is -1.92. The van der Waals surface area contributed by atoms with Crippen molar-refractivity contribution in [2.45, 2.75) is 62.4 Å². The van der Waals surface area contributed by atoms with E-state index in [-0.39, 0.29) is 12.1 Å². The molecule has 2 fully saturated rings. The van der Waals surface area contributed by atoms with Gasteiger partial charge in [-0.15, -0.1) is 0 Å². The number of anilines is 1. The molecular formula is C22H30N3O2S+. The second kappa shape index (κ2) is 8.21. The summed E-state index contributed by atoms with van der Waals surface area (Å²) in [5.74, 6) is 0. The van der Waals surface area contributed by atoms with Gasteiger partial charge in [-0.2, -0.15) is 0 Å². The summed E-state index contributed by atoms with van der Waals surface area (Å²) in [6.07, 6.45) is 10.8. The van der Waals surface area contributed by atoms with Gasteiger partial charge in [0.2, 0.25) is 10.0 Å². The maximum atomic E-state index is 12.9. The quantitative estimate of drug-likeness (QED) is 0.783. The molecule has 2 aliphatic rings. The molecule has 1 aliphatic carbocycles. The van der Waals surface area contributed by atoms with Crippen molar-refractivity contribution < 1.29 is 13.0 Å². The summed E-state index contributed by atoms with van der Waals surface area (Å²) in [5, 5.41) is 0. The lowest BCUT2D eigenvalue weighted by Crippen LogP contribution is -2.53. The van der Waals surface area contributed by atoms with Gasteiger partial charge in [-0.05, 0) is 44.7 Å². The van der Waals surface area contributed by atoms with Crippen molar-refractivity contribution in [3.8, 4) is 0 Å². The third-order valence-corrected chi connectivity index (χ3v) is 7.56. The van der Waals surface area contributed by atoms with Gasteiger partial charge in [0.05, 0.1) is 10.9 Å². The van der Waals surface area contributed by atoms with Crippen molar-refractivity contribution in [2.75, 3.05) is 18.0 Å². The smallest absolute Gasteiger partial charge is 0.241 e. The minimum absolute atomic E-state index is 0.0808. The average molecular weight is 401 g/mol. The number of sulfonamides is 1. The van der Waals surface area contributed by atoms with E-state index in [0.717, 1.165) is 44.3 Å². The second-order valence-corrected chi connectivity index (χ2v) is 9.80. The third kappa shape index (κ3) is 4.23. The molecule has 0 spiro atoms. The summed E-state index contributed by atoms with van der Waals surface area (Å²) in [4.78, 5) is 2.76. The minimum Gasteiger partial charge on any atom is -0.371 e. The van der Waals surface area contributed by atoms with Crippen LogP contribution in [0.5, 0.6) is 0 Å². The molecule has 4 rings (SSSR count). The number of benzene rings is 1. The molecule has 1 saturated heterocycles. The van der Waals surface area contributed by atoms with E-state index in [0.29, 0.717) is 4.90 Å². The first-order valence-corrected chi connectivity index (χ1v) is 11.9. The number of pyridine rings is 1. The fourth-order valence-electron chi connectivity index (χ4n) is 4.43. The van der Waals surface area contributed by atoms with E-state index in [1.165, 1.54) is 18.5 Å². The molecule has 150 valence electrons. The molecule has 1 aromatic carbocycles. The standard InChI is InChI=1S/C22H30N3O2S/c1-18-8-10-20(11-9-18)28(26,27)23-21-6-2-3-7-22(21)25-16-12-19(13-17-25)24-14-4-5-15-24/h8-13,16-17,21-23H,2-7,14-15H2,1H3/q+1/t21-,22?/m1/s1. The van der Waals surface area contributed by atoms with E-state index in [1.54, 1.807) is 12.1 Å². The van der Waals surface area contributed by atoms with Crippen LogP contribution in [0.1, 0.15) is 50.1 Å². The molecular weight excluding hydrogens is 370 g/mol. The first kappa shape index (κ1) is 19.4. The average Bonchev–Trinajstić information content (AvgIpc) is 3.23. The van der Waals surface area contributed by atoms with Gasteiger partial charge in [0.25, 0.3) is 0 Å². The van der Waals surface area contributed by atoms with Gasteiger partial charge in [-0.25, -0.2) is 17.7 Å². The van der Waals surface area contributed by atoms with Crippen LogP contribution in [0, 0.1) is 6.92 Å². The van der Waals surface area contributed by atoms with E-state index in [2.05, 4.69) is 38.7 Å². The number of hydrogen-bond donors (Lipinski definition) is 1. The minimum atomic E-state index is -3.51. The van der Waals surface area contributed by atoms with Crippen LogP contribution in [-0.4, -0.2) is 27.5 Å². The van der Waals surface area contributed by atoms with E-state index in [1.807, 2.05) is 19.1 Å². The molecule has 1 saturated carbocycles. The lowest BCUT2D eigenvalue weighted by Gasteiger charge is -2.28. The highest BCUT2D eigenvalue weighted by molar-refractivity contribution is 7.89. The van der Waals surface area contributed by atoms with Crippen molar-refractivity contribution in [1.82, 2.24) is 4.72 Å². The molecule has 1 aliphatic heterocycles. The molecule has 0 bridgehead atoms. The van der Waals surface area contributed by atoms with Gasteiger partial charge in [0.1, 0.15) is 0 Å². The Balaban J connectivity index is 1.52. The van der Waals surface area contributed by atoms with Crippen molar-refractivity contribution in [3.05, 3.63) is 54.4 Å². The molecule has 0 radical (unpaired) electrons. The summed E-state index contributed by atoms with van der Waals surface area (Å²) >= 11 is 0. The number of aromatic nitrogens is 1. The topological polar surface area (TPSA) is 53.3 Å². The molecule has 5 nitrogen and oxygen atoms in total. The van der Waals surface area contributed by atoms with E-state index in [9.17, 15) is 8.42 Å². The van der Waals surface area contributed by atoms with Crippen LogP contribution in [0.15, 0.2) is 53.7 Å². The highest BCUT2D eigenvalue weighted by atomic mass is 32.2. The Morgan fingerprint density at radius 2 is 1.57 bits per heavy atom. The summed E-state index contributed by atoms with van der Waals surface area (Å²) in [6.45, 7) is 4.22. The van der Waals surface area contributed by atoms with Crippen LogP contribution in [-0.2, 0) is 10.0 Å². The number of nitrogens with zero attached hydrogens (tertiary/aromatic N) is 2. The van der Waals surface area contributed by atoms with Crippen LogP contribution >= 0.6 is 0 Å². The Morgan fingerprint density at radius 3 is 2.25 bits per heavy atom. The number of hydrogen-bond acceptors (Lipinski definition) is 3. The molecule has 0 amide bonds. The molecule has 28 heavy (non-hydrogen) atoms. The highest BCUT2D eigenvalue weighted by Gasteiger charge is 2.35. The zero-order chi connectivity index (χ0) is 19.6. The Labute approximate surface area is 168 Å². The lowest BCUT2D eigenvalue weighted by molar-refractivity contribution is -0.727. The van der Waals surface area contributed by atoms with Crippen molar-refractivity contribution >= 4 is 15.7 Å². The van der Waals surface area contributed by atoms with Gasteiger partial charge in [0.15, 0.2) is 18.4 Å². The summed E-state index contributed by atoms with van der Waals surface area (Å²) in [5.41, 5.74) is 2.32. The molecule has 2 atom stereocenters. The van der Waals surface area contributed by atoms with Crippen LogP contribution in [0.3, 0.4) is 0 Å². The molecule has 2 aromatic rings. The second-order valence-electron chi connectivity index (χ2n) is 8.09. The van der Waals surface area contributed by atoms with Gasteiger partial charge in [-0.3, -0.25) is 0 Å². The molecule has 1 N–H and O–H groups in total. The molecule has 1 aromatic heterocycles. The summed E-state index contributed by atoms with van der Waals surface area (Å²) in [7, 11) is -3.51. The number of nitrogens with one attached hydrogen (secondary N) is 1. The predicted octanol–water partition coefficient (Wildman–Crippen LogP) is 3.34. The first-order chi connectivity index (χ1) is 13.5. The highest BCUT2D eigenvalue weighted by Crippen LogP contribution is 2.27. The van der Waals surface area contributed by atoms with Crippen LogP contribution in [0.4, 0.5) is 5.69 Å². The Bertz CT molecular complexity index is 888. The monoisotopic (exact) mass is 400 g/mol. The number of aryl methyl sites for hydroxylation is 1. The zero-order valence-corrected chi connectivity index (χ0v) is 17.4. The van der Waals surface area contributed by atoms with Crippen molar-refractivity contribution in [1.29, 1.82) is 0 Å². The van der Waals surface area contributed by atoms with Gasteiger partial charge >= 0.3 is 0 Å². The fraction of sp³-hybridized carbons (Fsp3) is 0.500. The van der Waals surface area contributed by atoms with E-state index >= 15 is 0 Å². The Morgan fingerprint density at radius 1 is 0.929 bits per heavy atom. The molecule has 2 heterocycles. The van der Waals surface area contributed by atoms with Crippen LogP contribution in [0.2, 0.25) is 0 Å².